The van der Waals surface area contributed by atoms with Crippen LogP contribution in [0.4, 0.5) is 13.2 Å². The maximum absolute atomic E-state index is 13.1. The van der Waals surface area contributed by atoms with Crippen LogP contribution in [0.5, 0.6) is 0 Å². The number of carbonyl (C=O) groups excluding carboxylic acids is 1. The molecule has 23 heavy (non-hydrogen) atoms. The third kappa shape index (κ3) is 3.30. The lowest BCUT2D eigenvalue weighted by molar-refractivity contribution is -0.187. The van der Waals surface area contributed by atoms with Crippen molar-refractivity contribution in [1.29, 1.82) is 0 Å². The first kappa shape index (κ1) is 15.8. The number of benzene rings is 1. The Morgan fingerprint density at radius 2 is 1.87 bits per heavy atom. The number of alkyl halides is 3. The van der Waals surface area contributed by atoms with Crippen LogP contribution in [0.2, 0.25) is 0 Å². The van der Waals surface area contributed by atoms with Crippen LogP contribution in [0.15, 0.2) is 36.5 Å². The minimum absolute atomic E-state index is 0.0669. The van der Waals surface area contributed by atoms with E-state index in [0.717, 1.165) is 5.39 Å². The average Bonchev–Trinajstić information content (AvgIpc) is 2.54. The molecular weight excluding hydrogens is 305 g/mol. The second-order valence-electron chi connectivity index (χ2n) is 5.89. The number of rotatable bonds is 2. The van der Waals surface area contributed by atoms with Gasteiger partial charge in [-0.2, -0.15) is 13.2 Å². The number of nitrogens with one attached hydrogen (secondary N) is 1. The molecule has 1 fully saturated rings. The Morgan fingerprint density at radius 3 is 2.65 bits per heavy atom. The van der Waals surface area contributed by atoms with Gasteiger partial charge >= 0.3 is 6.18 Å². The Bertz CT molecular complexity index is 709. The van der Waals surface area contributed by atoms with E-state index >= 15 is 0 Å². The molecule has 0 spiro atoms. The third-order valence-corrected chi connectivity index (χ3v) is 4.39. The van der Waals surface area contributed by atoms with Gasteiger partial charge < -0.3 is 5.32 Å². The summed E-state index contributed by atoms with van der Waals surface area (Å²) >= 11 is 0. The molecule has 1 amide bonds. The monoisotopic (exact) mass is 322 g/mol. The van der Waals surface area contributed by atoms with E-state index in [1.54, 1.807) is 18.2 Å². The summed E-state index contributed by atoms with van der Waals surface area (Å²) in [7, 11) is 0. The summed E-state index contributed by atoms with van der Waals surface area (Å²) in [6.07, 6.45) is -1.13. The lowest BCUT2D eigenvalue weighted by atomic mass is 9.84. The van der Waals surface area contributed by atoms with Crippen molar-refractivity contribution in [3.63, 3.8) is 0 Å². The van der Waals surface area contributed by atoms with Crippen LogP contribution in [0.25, 0.3) is 10.8 Å². The maximum atomic E-state index is 13.1. The van der Waals surface area contributed by atoms with Crippen LogP contribution in [-0.2, 0) is 0 Å². The molecule has 1 heterocycles. The molecule has 2 atom stereocenters. The van der Waals surface area contributed by atoms with E-state index in [9.17, 15) is 18.0 Å². The molecule has 122 valence electrons. The highest BCUT2D eigenvalue weighted by atomic mass is 19.4. The fraction of sp³-hybridized carbons (Fsp3) is 0.412. The number of pyridine rings is 1. The van der Waals surface area contributed by atoms with Gasteiger partial charge in [0.1, 0.15) is 5.69 Å². The molecule has 1 aliphatic carbocycles. The number of fused-ring (bicyclic) bond motifs is 1. The SMILES string of the molecule is O=C(NC1CCCCC1C(F)(F)F)c1nccc2ccccc12. The van der Waals surface area contributed by atoms with Gasteiger partial charge in [0.2, 0.25) is 0 Å². The van der Waals surface area contributed by atoms with Crippen LogP contribution < -0.4 is 5.32 Å². The van der Waals surface area contributed by atoms with Crippen molar-refractivity contribution >= 4 is 16.7 Å². The van der Waals surface area contributed by atoms with Crippen molar-refractivity contribution in [3.05, 3.63) is 42.2 Å². The summed E-state index contributed by atoms with van der Waals surface area (Å²) < 4.78 is 39.4. The van der Waals surface area contributed by atoms with E-state index in [1.165, 1.54) is 6.20 Å². The Kier molecular flexibility index (Phi) is 4.24. The van der Waals surface area contributed by atoms with Gasteiger partial charge in [-0.25, -0.2) is 0 Å². The van der Waals surface area contributed by atoms with Crippen molar-refractivity contribution in [1.82, 2.24) is 10.3 Å². The number of carbonyl (C=O) groups is 1. The highest BCUT2D eigenvalue weighted by molar-refractivity contribution is 6.05. The van der Waals surface area contributed by atoms with Gasteiger partial charge in [0, 0.05) is 17.6 Å². The largest absolute Gasteiger partial charge is 0.393 e. The Hall–Kier alpha value is -2.11. The molecule has 1 saturated carbocycles. The van der Waals surface area contributed by atoms with Crippen molar-refractivity contribution < 1.29 is 18.0 Å². The molecule has 0 radical (unpaired) electrons. The minimum atomic E-state index is -4.29. The average molecular weight is 322 g/mol. The van der Waals surface area contributed by atoms with Gasteiger partial charge in [0.15, 0.2) is 0 Å². The summed E-state index contributed by atoms with van der Waals surface area (Å²) in [5, 5.41) is 4.04. The van der Waals surface area contributed by atoms with Crippen molar-refractivity contribution in [2.75, 3.05) is 0 Å². The minimum Gasteiger partial charge on any atom is -0.347 e. The Labute approximate surface area is 131 Å². The van der Waals surface area contributed by atoms with E-state index in [2.05, 4.69) is 10.3 Å². The second-order valence-corrected chi connectivity index (χ2v) is 5.89. The first-order chi connectivity index (χ1) is 11.0. The molecule has 1 N–H and O–H groups in total. The van der Waals surface area contributed by atoms with Crippen LogP contribution in [0, 0.1) is 5.92 Å². The van der Waals surface area contributed by atoms with E-state index in [-0.39, 0.29) is 12.1 Å². The topological polar surface area (TPSA) is 42.0 Å². The van der Waals surface area contributed by atoms with E-state index in [1.807, 2.05) is 12.1 Å². The molecule has 0 bridgehead atoms. The van der Waals surface area contributed by atoms with Gasteiger partial charge in [-0.1, -0.05) is 37.1 Å². The predicted octanol–water partition coefficient (Wildman–Crippen LogP) is 4.09. The third-order valence-electron chi connectivity index (χ3n) is 4.39. The number of nitrogens with zero attached hydrogens (tertiary/aromatic N) is 1. The first-order valence-electron chi connectivity index (χ1n) is 7.68. The number of hydrogen-bond acceptors (Lipinski definition) is 2. The Morgan fingerprint density at radius 1 is 1.13 bits per heavy atom. The van der Waals surface area contributed by atoms with Crippen LogP contribution >= 0.6 is 0 Å². The summed E-state index contributed by atoms with van der Waals surface area (Å²) in [4.78, 5) is 16.5. The zero-order valence-electron chi connectivity index (χ0n) is 12.4. The van der Waals surface area contributed by atoms with E-state index < -0.39 is 24.0 Å². The molecule has 3 rings (SSSR count). The summed E-state index contributed by atoms with van der Waals surface area (Å²) in [5.74, 6) is -2.02. The van der Waals surface area contributed by atoms with Gasteiger partial charge in [0.05, 0.1) is 5.92 Å². The van der Waals surface area contributed by atoms with Crippen molar-refractivity contribution in [3.8, 4) is 0 Å². The molecule has 1 aromatic heterocycles. The van der Waals surface area contributed by atoms with Gasteiger partial charge in [-0.15, -0.1) is 0 Å². The summed E-state index contributed by atoms with van der Waals surface area (Å²) in [5.41, 5.74) is 0.176. The quantitative estimate of drug-likeness (QED) is 0.905. The lowest BCUT2D eigenvalue weighted by Crippen LogP contribution is -2.47. The fourth-order valence-electron chi connectivity index (χ4n) is 3.23. The van der Waals surface area contributed by atoms with E-state index in [4.69, 9.17) is 0 Å². The molecular formula is C17H17F3N2O. The van der Waals surface area contributed by atoms with Gasteiger partial charge in [-0.3, -0.25) is 9.78 Å². The number of amides is 1. The molecule has 6 heteroatoms. The van der Waals surface area contributed by atoms with Gasteiger partial charge in [-0.05, 0) is 24.3 Å². The zero-order chi connectivity index (χ0) is 16.4. The predicted molar refractivity (Wildman–Crippen MR) is 81.0 cm³/mol. The molecule has 1 aliphatic rings. The van der Waals surface area contributed by atoms with Crippen LogP contribution in [0.3, 0.4) is 0 Å². The summed E-state index contributed by atoms with van der Waals surface area (Å²) in [6, 6.07) is 8.10. The first-order valence-corrected chi connectivity index (χ1v) is 7.68. The fourth-order valence-corrected chi connectivity index (χ4v) is 3.23. The maximum Gasteiger partial charge on any atom is 0.393 e. The highest BCUT2D eigenvalue weighted by Crippen LogP contribution is 2.37. The molecule has 0 aliphatic heterocycles. The summed E-state index contributed by atoms with van der Waals surface area (Å²) in [6.45, 7) is 0. The molecule has 0 saturated heterocycles. The van der Waals surface area contributed by atoms with Crippen molar-refractivity contribution in [2.24, 2.45) is 5.92 Å². The Balaban J connectivity index is 1.85. The van der Waals surface area contributed by atoms with E-state index in [0.29, 0.717) is 24.6 Å². The smallest absolute Gasteiger partial charge is 0.347 e. The molecule has 2 unspecified atom stereocenters. The molecule has 3 nitrogen and oxygen atoms in total. The van der Waals surface area contributed by atoms with Crippen LogP contribution in [0.1, 0.15) is 36.2 Å². The van der Waals surface area contributed by atoms with Crippen LogP contribution in [-0.4, -0.2) is 23.1 Å². The lowest BCUT2D eigenvalue weighted by Gasteiger charge is -2.33. The molecule has 2 aromatic rings. The highest BCUT2D eigenvalue weighted by Gasteiger charge is 2.46. The molecule has 1 aromatic carbocycles. The van der Waals surface area contributed by atoms with Crippen molar-refractivity contribution in [2.45, 2.75) is 37.9 Å². The standard InChI is InChI=1S/C17H17F3N2O/c18-17(19,20)13-7-3-4-8-14(13)22-16(23)15-12-6-2-1-5-11(12)9-10-21-15/h1-2,5-6,9-10,13-14H,3-4,7-8H2,(H,22,23). The normalized spacial score (nSPS) is 22.0. The number of halogens is 3. The number of hydrogen-bond donors (Lipinski definition) is 1. The van der Waals surface area contributed by atoms with Gasteiger partial charge in [0.25, 0.3) is 5.91 Å². The zero-order valence-corrected chi connectivity index (χ0v) is 12.4. The number of aromatic nitrogens is 1. The second kappa shape index (κ2) is 6.18.